The Morgan fingerprint density at radius 2 is 1.69 bits per heavy atom. The minimum atomic E-state index is -1.02. The van der Waals surface area contributed by atoms with Gasteiger partial charge >= 0.3 is 0 Å². The van der Waals surface area contributed by atoms with Gasteiger partial charge in [-0.3, -0.25) is 14.5 Å². The standard InChI is InChI=1S/C29H34N2O5/c1-19(2)20-14-16-22(17-15-20)31(29(33)25-13-8-18-36-25)26(28(32)30-21-9-5-6-10-21)23-11-7-12-24(34-3)27(23)35-4/h7-8,11-19,21,26H,5-6,9-10H2,1-4H3,(H,30,32). The van der Waals surface area contributed by atoms with Crippen LogP contribution >= 0.6 is 0 Å². The van der Waals surface area contributed by atoms with Gasteiger partial charge < -0.3 is 19.2 Å². The molecule has 0 bridgehead atoms. The Kier molecular flexibility index (Phi) is 7.98. The second-order valence-corrected chi connectivity index (χ2v) is 9.37. The van der Waals surface area contributed by atoms with Crippen LogP contribution in [0.25, 0.3) is 0 Å². The Labute approximate surface area is 212 Å². The van der Waals surface area contributed by atoms with Crippen molar-refractivity contribution in [2.24, 2.45) is 0 Å². The fourth-order valence-electron chi connectivity index (χ4n) is 4.80. The highest BCUT2D eigenvalue weighted by atomic mass is 16.5. The molecule has 1 saturated carbocycles. The summed E-state index contributed by atoms with van der Waals surface area (Å²) in [6.45, 7) is 4.22. The molecule has 1 aliphatic carbocycles. The van der Waals surface area contributed by atoms with Gasteiger partial charge in [0.15, 0.2) is 17.3 Å². The van der Waals surface area contributed by atoms with Crippen LogP contribution in [0.1, 0.15) is 73.2 Å². The summed E-state index contributed by atoms with van der Waals surface area (Å²) in [6.07, 6.45) is 5.44. The normalized spacial score (nSPS) is 14.5. The second-order valence-electron chi connectivity index (χ2n) is 9.37. The summed E-state index contributed by atoms with van der Waals surface area (Å²) in [5.41, 5.74) is 2.24. The van der Waals surface area contributed by atoms with E-state index < -0.39 is 11.9 Å². The van der Waals surface area contributed by atoms with E-state index in [0.717, 1.165) is 31.2 Å². The van der Waals surface area contributed by atoms with Gasteiger partial charge in [-0.15, -0.1) is 0 Å². The van der Waals surface area contributed by atoms with E-state index in [9.17, 15) is 9.59 Å². The van der Waals surface area contributed by atoms with Crippen LogP contribution in [-0.2, 0) is 4.79 Å². The van der Waals surface area contributed by atoms with Gasteiger partial charge in [0, 0.05) is 17.3 Å². The molecule has 1 atom stereocenters. The first-order valence-electron chi connectivity index (χ1n) is 12.4. The number of nitrogens with one attached hydrogen (secondary N) is 1. The fraction of sp³-hybridized carbons (Fsp3) is 0.379. The third kappa shape index (κ3) is 5.25. The van der Waals surface area contributed by atoms with Crippen LogP contribution in [0.3, 0.4) is 0 Å². The topological polar surface area (TPSA) is 81.0 Å². The monoisotopic (exact) mass is 490 g/mol. The number of ether oxygens (including phenoxy) is 2. The lowest BCUT2D eigenvalue weighted by atomic mass is 9.99. The number of carbonyl (C=O) groups excluding carboxylic acids is 2. The van der Waals surface area contributed by atoms with Crippen LogP contribution in [-0.4, -0.2) is 32.1 Å². The summed E-state index contributed by atoms with van der Waals surface area (Å²) in [7, 11) is 3.08. The third-order valence-electron chi connectivity index (χ3n) is 6.72. The van der Waals surface area contributed by atoms with Gasteiger partial charge in [0.1, 0.15) is 6.04 Å². The summed E-state index contributed by atoms with van der Waals surface area (Å²) in [5.74, 6) is 0.656. The van der Waals surface area contributed by atoms with E-state index in [1.54, 1.807) is 37.4 Å². The summed E-state index contributed by atoms with van der Waals surface area (Å²) in [6, 6.07) is 15.4. The molecule has 1 fully saturated rings. The van der Waals surface area contributed by atoms with E-state index in [2.05, 4.69) is 19.2 Å². The van der Waals surface area contributed by atoms with Crippen LogP contribution in [0.15, 0.2) is 65.3 Å². The zero-order chi connectivity index (χ0) is 25.7. The molecule has 1 aromatic heterocycles. The lowest BCUT2D eigenvalue weighted by Gasteiger charge is -2.33. The molecule has 0 aliphatic heterocycles. The summed E-state index contributed by atoms with van der Waals surface area (Å²) < 4.78 is 16.7. The van der Waals surface area contributed by atoms with Crippen molar-refractivity contribution >= 4 is 17.5 Å². The third-order valence-corrected chi connectivity index (χ3v) is 6.72. The van der Waals surface area contributed by atoms with Crippen LogP contribution in [0, 0.1) is 0 Å². The van der Waals surface area contributed by atoms with Crippen molar-refractivity contribution in [2.45, 2.75) is 57.5 Å². The molecule has 1 aliphatic rings. The second kappa shape index (κ2) is 11.3. The Hall–Kier alpha value is -3.74. The number of nitrogens with zero attached hydrogens (tertiary/aromatic N) is 1. The summed E-state index contributed by atoms with van der Waals surface area (Å²) >= 11 is 0. The van der Waals surface area contributed by atoms with Gasteiger partial charge in [-0.05, 0) is 54.7 Å². The zero-order valence-corrected chi connectivity index (χ0v) is 21.3. The average Bonchev–Trinajstić information content (AvgIpc) is 3.61. The number of amides is 2. The lowest BCUT2D eigenvalue weighted by Crippen LogP contribution is -2.46. The molecule has 1 N–H and O–H groups in total. The molecule has 1 unspecified atom stereocenters. The van der Waals surface area contributed by atoms with Crippen molar-refractivity contribution in [3.05, 3.63) is 77.7 Å². The van der Waals surface area contributed by atoms with Crippen LogP contribution in [0.2, 0.25) is 0 Å². The Bertz CT molecular complexity index is 1160. The van der Waals surface area contributed by atoms with Crippen LogP contribution in [0.4, 0.5) is 5.69 Å². The molecule has 1 heterocycles. The van der Waals surface area contributed by atoms with Gasteiger partial charge in [0.2, 0.25) is 5.91 Å². The maximum absolute atomic E-state index is 14.0. The highest BCUT2D eigenvalue weighted by Crippen LogP contribution is 2.40. The number of furan rings is 1. The minimum absolute atomic E-state index is 0.0699. The number of anilines is 1. The van der Waals surface area contributed by atoms with E-state index in [4.69, 9.17) is 13.9 Å². The van der Waals surface area contributed by atoms with Crippen molar-refractivity contribution in [2.75, 3.05) is 19.1 Å². The van der Waals surface area contributed by atoms with E-state index in [1.165, 1.54) is 18.3 Å². The van der Waals surface area contributed by atoms with Crippen LogP contribution in [0.5, 0.6) is 11.5 Å². The van der Waals surface area contributed by atoms with E-state index in [0.29, 0.717) is 28.7 Å². The quantitative estimate of drug-likeness (QED) is 0.406. The SMILES string of the molecule is COc1cccc(C(C(=O)NC2CCCC2)N(C(=O)c2ccco2)c2ccc(C(C)C)cc2)c1OC. The van der Waals surface area contributed by atoms with Crippen molar-refractivity contribution in [1.29, 1.82) is 0 Å². The van der Waals surface area contributed by atoms with Crippen molar-refractivity contribution in [3.8, 4) is 11.5 Å². The Morgan fingerprint density at radius 3 is 2.28 bits per heavy atom. The number of methoxy groups -OCH3 is 2. The maximum Gasteiger partial charge on any atom is 0.294 e. The van der Waals surface area contributed by atoms with Gasteiger partial charge in [-0.25, -0.2) is 0 Å². The van der Waals surface area contributed by atoms with E-state index in [-0.39, 0.29) is 17.7 Å². The van der Waals surface area contributed by atoms with Gasteiger partial charge in [-0.2, -0.15) is 0 Å². The first-order chi connectivity index (χ1) is 17.4. The number of para-hydroxylation sites is 1. The molecule has 2 amide bonds. The molecular weight excluding hydrogens is 456 g/mol. The van der Waals surface area contributed by atoms with Gasteiger partial charge in [-0.1, -0.05) is 51.0 Å². The smallest absolute Gasteiger partial charge is 0.294 e. The predicted molar refractivity (Wildman–Crippen MR) is 139 cm³/mol. The predicted octanol–water partition coefficient (Wildman–Crippen LogP) is 5.87. The number of rotatable bonds is 9. The average molecular weight is 491 g/mol. The molecule has 7 heteroatoms. The van der Waals surface area contributed by atoms with E-state index >= 15 is 0 Å². The van der Waals surface area contributed by atoms with Crippen molar-refractivity contribution in [1.82, 2.24) is 5.32 Å². The molecule has 36 heavy (non-hydrogen) atoms. The van der Waals surface area contributed by atoms with Crippen molar-refractivity contribution < 1.29 is 23.5 Å². The molecule has 7 nitrogen and oxygen atoms in total. The highest BCUT2D eigenvalue weighted by Gasteiger charge is 2.38. The molecule has 3 aromatic rings. The maximum atomic E-state index is 14.0. The molecule has 0 saturated heterocycles. The molecule has 0 spiro atoms. The van der Waals surface area contributed by atoms with Gasteiger partial charge in [0.25, 0.3) is 5.91 Å². The first-order valence-corrected chi connectivity index (χ1v) is 12.4. The fourth-order valence-corrected chi connectivity index (χ4v) is 4.80. The highest BCUT2D eigenvalue weighted by molar-refractivity contribution is 6.09. The lowest BCUT2D eigenvalue weighted by molar-refractivity contribution is -0.123. The molecular formula is C29H34N2O5. The minimum Gasteiger partial charge on any atom is -0.493 e. The number of hydrogen-bond donors (Lipinski definition) is 1. The summed E-state index contributed by atoms with van der Waals surface area (Å²) in [5, 5.41) is 3.19. The van der Waals surface area contributed by atoms with Crippen molar-refractivity contribution in [3.63, 3.8) is 0 Å². The molecule has 0 radical (unpaired) electrons. The number of benzene rings is 2. The molecule has 4 rings (SSSR count). The number of carbonyl (C=O) groups is 2. The summed E-state index contributed by atoms with van der Waals surface area (Å²) in [4.78, 5) is 29.4. The van der Waals surface area contributed by atoms with Crippen LogP contribution < -0.4 is 19.7 Å². The Balaban J connectivity index is 1.88. The Morgan fingerprint density at radius 1 is 0.972 bits per heavy atom. The van der Waals surface area contributed by atoms with Gasteiger partial charge in [0.05, 0.1) is 20.5 Å². The first kappa shape index (κ1) is 25.4. The number of hydrogen-bond acceptors (Lipinski definition) is 5. The molecule has 190 valence electrons. The molecule has 2 aromatic carbocycles. The largest absolute Gasteiger partial charge is 0.493 e. The zero-order valence-electron chi connectivity index (χ0n) is 21.3. The van der Waals surface area contributed by atoms with E-state index in [1.807, 2.05) is 24.3 Å².